The molecule has 0 amide bonds. The highest BCUT2D eigenvalue weighted by atomic mass is 35.5. The molecule has 8 nitrogen and oxygen atoms in total. The second-order valence-electron chi connectivity index (χ2n) is 12.1. The van der Waals surface area contributed by atoms with Gasteiger partial charge >= 0.3 is 5.97 Å². The summed E-state index contributed by atoms with van der Waals surface area (Å²) in [5.74, 6) is -1.48. The van der Waals surface area contributed by atoms with E-state index in [1.165, 1.54) is 0 Å². The molecule has 252 valence electrons. The molecule has 1 fully saturated rings. The van der Waals surface area contributed by atoms with Gasteiger partial charge in [0.15, 0.2) is 12.4 Å². The Balaban J connectivity index is 1.66. The summed E-state index contributed by atoms with van der Waals surface area (Å²) < 4.78 is 12.1. The summed E-state index contributed by atoms with van der Waals surface area (Å²) in [4.78, 5) is 14.2. The number of carboxylic acids is 1. The van der Waals surface area contributed by atoms with E-state index in [-0.39, 0.29) is 0 Å². The minimum Gasteiger partial charge on any atom is -0.479 e. The van der Waals surface area contributed by atoms with Crippen LogP contribution < -0.4 is 0 Å². The Morgan fingerprint density at radius 1 is 0.851 bits per heavy atom. The highest BCUT2D eigenvalue weighted by Gasteiger charge is 2.48. The first-order chi connectivity index (χ1) is 22.5. The van der Waals surface area contributed by atoms with E-state index in [1.807, 2.05) is 60.7 Å². The summed E-state index contributed by atoms with van der Waals surface area (Å²) in [5.41, 5.74) is 6.04. The summed E-state index contributed by atoms with van der Waals surface area (Å²) >= 11 is 19.5. The minimum absolute atomic E-state index is 0.370. The van der Waals surface area contributed by atoms with Gasteiger partial charge in [-0.3, -0.25) is 0 Å². The van der Waals surface area contributed by atoms with Crippen molar-refractivity contribution in [2.24, 2.45) is 0 Å². The van der Waals surface area contributed by atoms with Gasteiger partial charge in [-0.2, -0.15) is 0 Å². The topological polar surface area (TPSA) is 120 Å². The fourth-order valence-electron chi connectivity index (χ4n) is 6.21. The Hall–Kier alpha value is -2.50. The normalized spacial score (nSPS) is 23.6. The van der Waals surface area contributed by atoms with E-state index in [1.54, 1.807) is 0 Å². The van der Waals surface area contributed by atoms with Crippen LogP contribution in [0.4, 0.5) is 0 Å². The lowest BCUT2D eigenvalue weighted by molar-refractivity contribution is -0.306. The zero-order chi connectivity index (χ0) is 33.8. The fraction of sp³-hybridized carbons (Fsp3) is 0.417. The van der Waals surface area contributed by atoms with Crippen molar-refractivity contribution in [3.05, 3.63) is 91.9 Å². The van der Waals surface area contributed by atoms with Gasteiger partial charge in [-0.1, -0.05) is 79.7 Å². The molecule has 0 radical (unpaired) electrons. The lowest BCUT2D eigenvalue weighted by Gasteiger charge is -2.40. The van der Waals surface area contributed by atoms with Gasteiger partial charge in [0.1, 0.15) is 18.3 Å². The number of hydrogen-bond acceptors (Lipinski definition) is 7. The van der Waals surface area contributed by atoms with E-state index < -0.39 is 42.8 Å². The third kappa shape index (κ3) is 8.05. The molecule has 0 aromatic heterocycles. The van der Waals surface area contributed by atoms with Crippen molar-refractivity contribution in [1.82, 2.24) is 4.90 Å². The number of benzene rings is 3. The van der Waals surface area contributed by atoms with Gasteiger partial charge in [0.2, 0.25) is 0 Å². The second-order valence-corrected chi connectivity index (χ2v) is 13.4. The van der Waals surface area contributed by atoms with Crippen LogP contribution in [0, 0.1) is 0 Å². The van der Waals surface area contributed by atoms with Crippen LogP contribution in [0.1, 0.15) is 67.9 Å². The SMILES string of the molecule is CCCCN(CCCC)CC(O[C@@H]1O[C@H](C(=O)O)[C@@H](O)[C@H](O)[C@H]1O)c1cc(Cl)cc2c1-c1ccc(Cl)cc1/C2=C/c1ccc(Cl)cc1. The van der Waals surface area contributed by atoms with Crippen LogP contribution in [0.5, 0.6) is 0 Å². The Kier molecular flexibility index (Phi) is 12.0. The maximum atomic E-state index is 11.9. The van der Waals surface area contributed by atoms with E-state index in [9.17, 15) is 25.2 Å². The molecule has 5 rings (SSSR count). The monoisotopic (exact) mass is 703 g/mol. The number of carboxylic acid groups (broad SMARTS) is 1. The third-order valence-corrected chi connectivity index (χ3v) is 9.39. The minimum atomic E-state index is -1.83. The van der Waals surface area contributed by atoms with Gasteiger partial charge in [-0.25, -0.2) is 4.79 Å². The number of aliphatic hydroxyl groups excluding tert-OH is 3. The van der Waals surface area contributed by atoms with Crippen LogP contribution in [0.25, 0.3) is 22.8 Å². The smallest absolute Gasteiger partial charge is 0.335 e. The quantitative estimate of drug-likeness (QED) is 0.117. The predicted molar refractivity (Wildman–Crippen MR) is 185 cm³/mol. The molecule has 0 spiro atoms. The fourth-order valence-corrected chi connectivity index (χ4v) is 6.74. The van der Waals surface area contributed by atoms with Crippen molar-refractivity contribution in [2.45, 2.75) is 76.3 Å². The number of aliphatic hydroxyl groups is 3. The number of halogens is 3. The van der Waals surface area contributed by atoms with Gasteiger partial charge in [-0.05, 0) is 107 Å². The van der Waals surface area contributed by atoms with Crippen molar-refractivity contribution in [2.75, 3.05) is 19.6 Å². The maximum absolute atomic E-state index is 11.9. The summed E-state index contributed by atoms with van der Waals surface area (Å²) in [5, 5.41) is 43.2. The Labute approximate surface area is 290 Å². The van der Waals surface area contributed by atoms with Gasteiger partial charge < -0.3 is 34.8 Å². The molecule has 0 saturated carbocycles. The first-order valence-electron chi connectivity index (χ1n) is 15.9. The van der Waals surface area contributed by atoms with Crippen LogP contribution in [0.15, 0.2) is 54.6 Å². The molecule has 2 aliphatic rings. The maximum Gasteiger partial charge on any atom is 0.335 e. The van der Waals surface area contributed by atoms with Crippen molar-refractivity contribution in [1.29, 1.82) is 0 Å². The average Bonchev–Trinajstić information content (AvgIpc) is 3.34. The van der Waals surface area contributed by atoms with Gasteiger partial charge in [0, 0.05) is 21.6 Å². The lowest BCUT2D eigenvalue weighted by Crippen LogP contribution is -2.60. The summed E-state index contributed by atoms with van der Waals surface area (Å²) in [6, 6.07) is 16.9. The Morgan fingerprint density at radius 3 is 2.13 bits per heavy atom. The number of fused-ring (bicyclic) bond motifs is 3. The van der Waals surface area contributed by atoms with Crippen LogP contribution in [0.3, 0.4) is 0 Å². The zero-order valence-corrected chi connectivity index (χ0v) is 28.5. The molecular weight excluding hydrogens is 665 g/mol. The van der Waals surface area contributed by atoms with Gasteiger partial charge in [-0.15, -0.1) is 0 Å². The first kappa shape index (κ1) is 35.8. The molecule has 1 heterocycles. The zero-order valence-electron chi connectivity index (χ0n) is 26.3. The molecule has 1 unspecified atom stereocenters. The first-order valence-corrected chi connectivity index (χ1v) is 17.1. The summed E-state index contributed by atoms with van der Waals surface area (Å²) in [7, 11) is 0. The molecule has 3 aromatic rings. The number of hydrogen-bond donors (Lipinski definition) is 4. The molecule has 3 aromatic carbocycles. The predicted octanol–water partition coefficient (Wildman–Crippen LogP) is 7.07. The molecule has 1 aliphatic heterocycles. The Bertz CT molecular complexity index is 1590. The van der Waals surface area contributed by atoms with E-state index >= 15 is 0 Å². The van der Waals surface area contributed by atoms with Gasteiger partial charge in [0.25, 0.3) is 0 Å². The largest absolute Gasteiger partial charge is 0.479 e. The molecule has 0 bridgehead atoms. The van der Waals surface area contributed by atoms with Crippen molar-refractivity contribution >= 4 is 52.4 Å². The molecular formula is C36H40Cl3NO7. The third-order valence-electron chi connectivity index (χ3n) is 8.68. The molecule has 6 atom stereocenters. The highest BCUT2D eigenvalue weighted by Crippen LogP contribution is 2.50. The Morgan fingerprint density at radius 2 is 1.49 bits per heavy atom. The number of carbonyl (C=O) groups is 1. The summed E-state index contributed by atoms with van der Waals surface area (Å²) in [6.07, 6.45) is -3.54. The molecule has 47 heavy (non-hydrogen) atoms. The van der Waals surface area contributed by atoms with Crippen molar-refractivity contribution in [3.8, 4) is 11.1 Å². The van der Waals surface area contributed by atoms with Crippen LogP contribution in [-0.4, -0.2) is 81.6 Å². The van der Waals surface area contributed by atoms with Crippen LogP contribution in [-0.2, 0) is 14.3 Å². The van der Waals surface area contributed by atoms with E-state index in [0.717, 1.165) is 72.2 Å². The summed E-state index contributed by atoms with van der Waals surface area (Å²) in [6.45, 7) is 6.20. The van der Waals surface area contributed by atoms with Crippen molar-refractivity contribution in [3.63, 3.8) is 0 Å². The number of rotatable bonds is 13. The number of ether oxygens (including phenoxy) is 2. The number of aliphatic carboxylic acids is 1. The van der Waals surface area contributed by atoms with Crippen LogP contribution in [0.2, 0.25) is 15.1 Å². The van der Waals surface area contributed by atoms with Crippen LogP contribution >= 0.6 is 34.8 Å². The average molecular weight is 705 g/mol. The van der Waals surface area contributed by atoms with E-state index in [0.29, 0.717) is 27.2 Å². The van der Waals surface area contributed by atoms with Gasteiger partial charge in [0.05, 0.1) is 6.10 Å². The van der Waals surface area contributed by atoms with Crippen molar-refractivity contribution < 1.29 is 34.7 Å². The number of unbranched alkanes of at least 4 members (excludes halogenated alkanes) is 2. The van der Waals surface area contributed by atoms with E-state index in [4.69, 9.17) is 44.3 Å². The molecule has 1 aliphatic carbocycles. The molecule has 4 N–H and O–H groups in total. The second kappa shape index (κ2) is 15.8. The number of nitrogens with zero attached hydrogens (tertiary/aromatic N) is 1. The molecule has 11 heteroatoms. The highest BCUT2D eigenvalue weighted by molar-refractivity contribution is 6.32. The molecule has 1 saturated heterocycles. The van der Waals surface area contributed by atoms with E-state index in [2.05, 4.69) is 18.7 Å². The standard InChI is InChI=1S/C36H40Cl3NO7/c1-3-5-13-40(14-6-4-2)19-29(46-36-33(43)31(41)32(42)34(47-36)35(44)45)28-18-23(39)17-27-25(15-20-7-9-21(37)10-8-20)26-16-22(38)11-12-24(26)30(27)28/h7-12,15-18,29,31-34,36,41-43H,3-6,13-14,19H2,1-2H3,(H,44,45)/b25-15-/t29?,31-,32-,33+,34-,36+/m0/s1. The lowest BCUT2D eigenvalue weighted by atomic mass is 9.94.